The average Bonchev–Trinajstić information content (AvgIpc) is 2.98. The number of hydrogen-bond acceptors (Lipinski definition) is 4. The van der Waals surface area contributed by atoms with Crippen LogP contribution < -0.4 is 11.1 Å². The van der Waals surface area contributed by atoms with Gasteiger partial charge in [0.15, 0.2) is 0 Å². The highest BCUT2D eigenvalue weighted by molar-refractivity contribution is 6.01. The number of carbonyl (C=O) groups excluding carboxylic acids is 1. The number of amides is 1. The molecule has 0 spiro atoms. The lowest BCUT2D eigenvalue weighted by Gasteiger charge is -2.60. The summed E-state index contributed by atoms with van der Waals surface area (Å²) in [4.78, 5) is 12.7. The van der Waals surface area contributed by atoms with Gasteiger partial charge >= 0.3 is 0 Å². The number of nitrogens with zero attached hydrogens (tertiary/aromatic N) is 1. The van der Waals surface area contributed by atoms with Crippen LogP contribution in [0.4, 0.5) is 5.69 Å². The van der Waals surface area contributed by atoms with Crippen LogP contribution in [-0.4, -0.2) is 34.4 Å². The van der Waals surface area contributed by atoms with E-state index in [-0.39, 0.29) is 23.3 Å². The second kappa shape index (κ2) is 4.05. The molecule has 2 aliphatic rings. The van der Waals surface area contributed by atoms with E-state index in [1.54, 1.807) is 0 Å². The van der Waals surface area contributed by atoms with E-state index in [1.165, 1.54) is 0 Å². The minimum absolute atomic E-state index is 0.0878. The molecule has 1 aromatic rings. The molecule has 2 heterocycles. The third kappa shape index (κ3) is 1.46. The van der Waals surface area contributed by atoms with Crippen molar-refractivity contribution in [2.24, 2.45) is 17.1 Å². The van der Waals surface area contributed by atoms with E-state index >= 15 is 0 Å². The van der Waals surface area contributed by atoms with Gasteiger partial charge in [-0.2, -0.15) is 5.10 Å². The summed E-state index contributed by atoms with van der Waals surface area (Å²) in [7, 11) is 0. The number of aryl methyl sites for hydroxylation is 2. The lowest BCUT2D eigenvalue weighted by Crippen LogP contribution is -2.79. The van der Waals surface area contributed by atoms with Crippen LogP contribution >= 0.6 is 0 Å². The molecule has 6 heteroatoms. The van der Waals surface area contributed by atoms with Gasteiger partial charge in [-0.05, 0) is 20.3 Å². The van der Waals surface area contributed by atoms with Gasteiger partial charge in [0.25, 0.3) is 0 Å². The van der Waals surface area contributed by atoms with Crippen molar-refractivity contribution in [1.82, 2.24) is 10.2 Å². The zero-order valence-corrected chi connectivity index (χ0v) is 12.4. The minimum Gasteiger partial charge on any atom is -0.377 e. The van der Waals surface area contributed by atoms with Crippen LogP contribution in [0.25, 0.3) is 0 Å². The van der Waals surface area contributed by atoms with Gasteiger partial charge in [0.1, 0.15) is 5.54 Å². The molecule has 2 fully saturated rings. The van der Waals surface area contributed by atoms with Crippen molar-refractivity contribution < 1.29 is 9.53 Å². The molecule has 1 saturated carbocycles. The molecule has 3 atom stereocenters. The molecule has 1 saturated heterocycles. The highest BCUT2D eigenvalue weighted by Crippen LogP contribution is 2.58. The first kappa shape index (κ1) is 13.6. The smallest absolute Gasteiger partial charge is 0.245 e. The summed E-state index contributed by atoms with van der Waals surface area (Å²) in [5, 5.41) is 9.92. The molecule has 20 heavy (non-hydrogen) atoms. The number of rotatable bonds is 2. The number of nitrogens with one attached hydrogen (secondary N) is 2. The summed E-state index contributed by atoms with van der Waals surface area (Å²) in [5.74, 6) is -0.0353. The predicted octanol–water partition coefficient (Wildman–Crippen LogP) is 1.11. The monoisotopic (exact) mass is 278 g/mol. The zero-order valence-electron chi connectivity index (χ0n) is 12.4. The van der Waals surface area contributed by atoms with Crippen LogP contribution in [0.5, 0.6) is 0 Å². The van der Waals surface area contributed by atoms with Gasteiger partial charge in [-0.25, -0.2) is 0 Å². The van der Waals surface area contributed by atoms with Gasteiger partial charge in [0.2, 0.25) is 5.91 Å². The number of anilines is 1. The van der Waals surface area contributed by atoms with Crippen LogP contribution in [0.1, 0.15) is 31.7 Å². The van der Waals surface area contributed by atoms with Crippen molar-refractivity contribution in [2.45, 2.75) is 45.8 Å². The molecule has 110 valence electrons. The Bertz CT molecular complexity index is 546. The summed E-state index contributed by atoms with van der Waals surface area (Å²) < 4.78 is 5.72. The summed E-state index contributed by atoms with van der Waals surface area (Å²) >= 11 is 0. The van der Waals surface area contributed by atoms with Gasteiger partial charge in [-0.1, -0.05) is 13.8 Å². The number of hydrogen-bond donors (Lipinski definition) is 3. The molecule has 1 aromatic heterocycles. The molecular weight excluding hydrogens is 256 g/mol. The topological polar surface area (TPSA) is 93.0 Å². The Morgan fingerprint density at radius 1 is 1.50 bits per heavy atom. The maximum atomic E-state index is 12.7. The van der Waals surface area contributed by atoms with Gasteiger partial charge in [0.05, 0.1) is 23.2 Å². The fraction of sp³-hybridized carbons (Fsp3) is 0.714. The highest BCUT2D eigenvalue weighted by Gasteiger charge is 2.71. The zero-order chi connectivity index (χ0) is 14.7. The molecule has 1 aliphatic carbocycles. The second-order valence-corrected chi connectivity index (χ2v) is 6.54. The first-order chi connectivity index (χ1) is 9.30. The summed E-state index contributed by atoms with van der Waals surface area (Å²) in [6.45, 7) is 8.44. The first-order valence-electron chi connectivity index (χ1n) is 7.03. The Morgan fingerprint density at radius 3 is 2.80 bits per heavy atom. The largest absolute Gasteiger partial charge is 0.377 e. The molecule has 1 aliphatic heterocycles. The third-order valence-corrected chi connectivity index (χ3v) is 5.20. The Balaban J connectivity index is 1.87. The van der Waals surface area contributed by atoms with Gasteiger partial charge in [0, 0.05) is 17.9 Å². The van der Waals surface area contributed by atoms with Crippen LogP contribution in [0.15, 0.2) is 0 Å². The lowest BCUT2D eigenvalue weighted by atomic mass is 9.48. The SMILES string of the molecule is Cc1n[nH]c(C)c1NC(=O)C1(N)C2CCOC2C1(C)C. The van der Waals surface area contributed by atoms with Crippen molar-refractivity contribution in [1.29, 1.82) is 0 Å². The lowest BCUT2D eigenvalue weighted by molar-refractivity contribution is -0.170. The molecule has 0 radical (unpaired) electrons. The van der Waals surface area contributed by atoms with Crippen molar-refractivity contribution >= 4 is 11.6 Å². The van der Waals surface area contributed by atoms with Crippen LogP contribution in [-0.2, 0) is 9.53 Å². The number of carbonyl (C=O) groups is 1. The predicted molar refractivity (Wildman–Crippen MR) is 75.2 cm³/mol. The van der Waals surface area contributed by atoms with E-state index < -0.39 is 5.54 Å². The number of ether oxygens (including phenoxy) is 1. The van der Waals surface area contributed by atoms with E-state index in [4.69, 9.17) is 10.5 Å². The van der Waals surface area contributed by atoms with Crippen molar-refractivity contribution in [3.8, 4) is 0 Å². The number of nitrogens with two attached hydrogens (primary N) is 1. The summed E-state index contributed by atoms with van der Waals surface area (Å²) in [5.41, 5.74) is 7.61. The Hall–Kier alpha value is -1.40. The number of H-pyrrole nitrogens is 1. The fourth-order valence-corrected chi connectivity index (χ4v) is 3.80. The molecule has 4 N–H and O–H groups in total. The normalized spacial score (nSPS) is 34.5. The Morgan fingerprint density at radius 2 is 2.20 bits per heavy atom. The maximum Gasteiger partial charge on any atom is 0.245 e. The quantitative estimate of drug-likeness (QED) is 0.755. The fourth-order valence-electron chi connectivity index (χ4n) is 3.80. The van der Waals surface area contributed by atoms with Crippen molar-refractivity contribution in [2.75, 3.05) is 11.9 Å². The molecule has 6 nitrogen and oxygen atoms in total. The molecular formula is C14H22N4O2. The Kier molecular flexibility index (Phi) is 2.75. The molecule has 3 rings (SSSR count). The Labute approximate surface area is 118 Å². The standard InChI is InChI=1S/C14H22N4O2/c1-7-10(8(2)18-17-7)16-12(19)14(15)9-5-6-20-11(9)13(14,3)4/h9,11H,5-6,15H2,1-4H3,(H,16,19)(H,17,18). The third-order valence-electron chi connectivity index (χ3n) is 5.20. The van der Waals surface area contributed by atoms with E-state index in [1.807, 2.05) is 27.7 Å². The first-order valence-corrected chi connectivity index (χ1v) is 7.03. The summed E-state index contributed by atoms with van der Waals surface area (Å²) in [6.07, 6.45) is 0.936. The van der Waals surface area contributed by atoms with E-state index in [2.05, 4.69) is 15.5 Å². The number of aromatic nitrogens is 2. The highest BCUT2D eigenvalue weighted by atomic mass is 16.5. The molecule has 1 amide bonds. The van der Waals surface area contributed by atoms with Crippen molar-refractivity contribution in [3.05, 3.63) is 11.4 Å². The maximum absolute atomic E-state index is 12.7. The van der Waals surface area contributed by atoms with Crippen LogP contribution in [0.3, 0.4) is 0 Å². The molecule has 0 aromatic carbocycles. The molecule has 0 bridgehead atoms. The van der Waals surface area contributed by atoms with E-state index in [0.717, 1.165) is 23.5 Å². The van der Waals surface area contributed by atoms with Crippen LogP contribution in [0.2, 0.25) is 0 Å². The van der Waals surface area contributed by atoms with Gasteiger partial charge < -0.3 is 15.8 Å². The van der Waals surface area contributed by atoms with E-state index in [0.29, 0.717) is 6.61 Å². The summed E-state index contributed by atoms with van der Waals surface area (Å²) in [6, 6.07) is 0. The molecule has 3 unspecified atom stereocenters. The van der Waals surface area contributed by atoms with Crippen LogP contribution in [0, 0.1) is 25.2 Å². The average molecular weight is 278 g/mol. The van der Waals surface area contributed by atoms with E-state index in [9.17, 15) is 4.79 Å². The second-order valence-electron chi connectivity index (χ2n) is 6.54. The number of aromatic amines is 1. The van der Waals surface area contributed by atoms with Crippen molar-refractivity contribution in [3.63, 3.8) is 0 Å². The van der Waals surface area contributed by atoms with Gasteiger partial charge in [-0.3, -0.25) is 9.89 Å². The number of fused-ring (bicyclic) bond motifs is 1. The van der Waals surface area contributed by atoms with Gasteiger partial charge in [-0.15, -0.1) is 0 Å². The minimum atomic E-state index is -0.885.